The molecule has 1 aliphatic rings. The summed E-state index contributed by atoms with van der Waals surface area (Å²) in [5, 5.41) is 38.7. The minimum atomic E-state index is -1.01. The molecule has 15 heteroatoms. The van der Waals surface area contributed by atoms with Crippen molar-refractivity contribution in [1.82, 2.24) is 19.9 Å². The monoisotopic (exact) mass is 866 g/mol. The van der Waals surface area contributed by atoms with Crippen molar-refractivity contribution in [3.63, 3.8) is 0 Å². The molecule has 5 aromatic rings. The molecule has 1 aromatic carbocycles. The molecule has 0 aliphatic carbocycles. The van der Waals surface area contributed by atoms with Gasteiger partial charge in [0.05, 0.1) is 74.5 Å². The lowest BCUT2D eigenvalue weighted by Crippen LogP contribution is -2.41. The van der Waals surface area contributed by atoms with Crippen molar-refractivity contribution in [3.8, 4) is 18.2 Å². The topological polar surface area (TPSA) is 208 Å². The molecule has 1 amide bonds. The molecule has 0 atom stereocenters. The second-order valence-electron chi connectivity index (χ2n) is 17.9. The van der Waals surface area contributed by atoms with E-state index >= 15 is 0 Å². The third-order valence-electron chi connectivity index (χ3n) is 10.6. The van der Waals surface area contributed by atoms with Crippen LogP contribution in [0.5, 0.6) is 0 Å². The van der Waals surface area contributed by atoms with E-state index in [1.807, 2.05) is 85.7 Å². The lowest BCUT2D eigenvalue weighted by molar-refractivity contribution is 0.00578. The molecule has 13 nitrogen and oxygen atoms in total. The Bertz CT molecular complexity index is 2560. The van der Waals surface area contributed by atoms with Gasteiger partial charge in [0.15, 0.2) is 0 Å². The van der Waals surface area contributed by atoms with E-state index in [-0.39, 0.29) is 17.3 Å². The van der Waals surface area contributed by atoms with Gasteiger partial charge >= 0.3 is 13.1 Å². The first kappa shape index (κ1) is 51.5. The molecule has 1 fully saturated rings. The SMILES string of the molecule is CC(C)(C#N)c1cc(C(=O)O)ccn1.Cc1ccc(NC(=O)c2ccnc(C(C)(C)C#N)c2)cc1B1OC(C)(C)C(C)(C)O1.Cc1ccnc(C(C)(C)C#N)c1.Cc1cncc(F)c1. The lowest BCUT2D eigenvalue weighted by atomic mass is 9.76. The summed E-state index contributed by atoms with van der Waals surface area (Å²) < 4.78 is 24.4. The number of halogens is 1. The maximum Gasteiger partial charge on any atom is 0.495 e. The number of anilines is 1. The van der Waals surface area contributed by atoms with Crippen molar-refractivity contribution in [3.05, 3.63) is 142 Å². The number of nitrogens with zero attached hydrogens (tertiary/aromatic N) is 7. The van der Waals surface area contributed by atoms with Crippen molar-refractivity contribution in [1.29, 1.82) is 15.8 Å². The van der Waals surface area contributed by atoms with Crippen LogP contribution in [0.25, 0.3) is 0 Å². The molecule has 1 saturated heterocycles. The number of carbonyl (C=O) groups is 2. The Labute approximate surface area is 376 Å². The quantitative estimate of drug-likeness (QED) is 0.147. The fraction of sp³-hybridized carbons (Fsp3) is 0.367. The van der Waals surface area contributed by atoms with Gasteiger partial charge < -0.3 is 19.7 Å². The van der Waals surface area contributed by atoms with Gasteiger partial charge in [-0.2, -0.15) is 15.8 Å². The molecule has 5 heterocycles. The average Bonchev–Trinajstić information content (AvgIpc) is 3.47. The van der Waals surface area contributed by atoms with Crippen molar-refractivity contribution < 1.29 is 28.4 Å². The fourth-order valence-corrected chi connectivity index (χ4v) is 5.53. The van der Waals surface area contributed by atoms with Crippen LogP contribution >= 0.6 is 0 Å². The molecule has 0 unspecified atom stereocenters. The number of aromatic carboxylic acids is 1. The summed E-state index contributed by atoms with van der Waals surface area (Å²) >= 11 is 0. The maximum atomic E-state index is 12.8. The minimum absolute atomic E-state index is 0.151. The fourth-order valence-electron chi connectivity index (χ4n) is 5.53. The summed E-state index contributed by atoms with van der Waals surface area (Å²) in [6.07, 6.45) is 7.49. The van der Waals surface area contributed by atoms with E-state index in [2.05, 4.69) is 43.5 Å². The van der Waals surface area contributed by atoms with Crippen LogP contribution in [0, 0.1) is 60.6 Å². The van der Waals surface area contributed by atoms with Crippen LogP contribution in [-0.4, -0.2) is 55.2 Å². The van der Waals surface area contributed by atoms with E-state index in [1.54, 1.807) is 65.3 Å². The van der Waals surface area contributed by atoms with Gasteiger partial charge in [0.25, 0.3) is 5.91 Å². The summed E-state index contributed by atoms with van der Waals surface area (Å²) in [4.78, 5) is 39.5. The number of rotatable bonds is 7. The van der Waals surface area contributed by atoms with Crippen LogP contribution in [-0.2, 0) is 25.6 Å². The lowest BCUT2D eigenvalue weighted by Gasteiger charge is -2.32. The number of carbonyl (C=O) groups excluding carboxylic acids is 1. The van der Waals surface area contributed by atoms with Gasteiger partial charge in [-0.1, -0.05) is 11.6 Å². The van der Waals surface area contributed by atoms with Crippen LogP contribution in [0.2, 0.25) is 0 Å². The number of pyridine rings is 4. The molecule has 2 N–H and O–H groups in total. The van der Waals surface area contributed by atoms with Crippen LogP contribution in [0.4, 0.5) is 10.1 Å². The molecular formula is C49H56BFN8O5. The predicted molar refractivity (Wildman–Crippen MR) is 244 cm³/mol. The van der Waals surface area contributed by atoms with E-state index in [0.717, 1.165) is 27.8 Å². The third kappa shape index (κ3) is 13.8. The number of benzene rings is 1. The first-order chi connectivity index (χ1) is 29.7. The normalized spacial score (nSPS) is 13.7. The van der Waals surface area contributed by atoms with Gasteiger partial charge in [-0.05, 0) is 161 Å². The molecule has 0 spiro atoms. The Kier molecular flexibility index (Phi) is 16.9. The molecule has 0 bridgehead atoms. The van der Waals surface area contributed by atoms with Gasteiger partial charge in [-0.25, -0.2) is 9.18 Å². The van der Waals surface area contributed by atoms with Crippen LogP contribution in [0.1, 0.15) is 124 Å². The average molecular weight is 867 g/mol. The van der Waals surface area contributed by atoms with Gasteiger partial charge in [0, 0.05) is 36.0 Å². The molecule has 0 radical (unpaired) electrons. The first-order valence-corrected chi connectivity index (χ1v) is 20.4. The van der Waals surface area contributed by atoms with Crippen LogP contribution < -0.4 is 10.8 Å². The maximum absolute atomic E-state index is 12.8. The van der Waals surface area contributed by atoms with Gasteiger partial charge in [-0.15, -0.1) is 0 Å². The molecule has 1 aliphatic heterocycles. The summed E-state index contributed by atoms with van der Waals surface area (Å²) in [5.74, 6) is -1.55. The van der Waals surface area contributed by atoms with E-state index in [0.29, 0.717) is 22.6 Å². The highest BCUT2D eigenvalue weighted by atomic mass is 19.1. The molecule has 332 valence electrons. The highest BCUT2D eigenvalue weighted by molar-refractivity contribution is 6.62. The highest BCUT2D eigenvalue weighted by Crippen LogP contribution is 2.37. The Hall–Kier alpha value is -6.86. The van der Waals surface area contributed by atoms with Crippen LogP contribution in [0.15, 0.2) is 91.6 Å². The van der Waals surface area contributed by atoms with E-state index in [1.165, 1.54) is 30.6 Å². The summed E-state index contributed by atoms with van der Waals surface area (Å²) in [6.45, 7) is 24.5. The number of aryl methyl sites for hydroxylation is 3. The molecular weight excluding hydrogens is 810 g/mol. The number of hydrogen-bond donors (Lipinski definition) is 2. The number of hydrogen-bond acceptors (Lipinski definition) is 11. The van der Waals surface area contributed by atoms with Crippen LogP contribution in [0.3, 0.4) is 0 Å². The van der Waals surface area contributed by atoms with Gasteiger partial charge in [0.1, 0.15) is 5.82 Å². The van der Waals surface area contributed by atoms with Crippen molar-refractivity contribution in [2.75, 3.05) is 5.32 Å². The predicted octanol–water partition coefficient (Wildman–Crippen LogP) is 9.04. The zero-order chi connectivity index (χ0) is 48.3. The number of carboxylic acids is 1. The van der Waals surface area contributed by atoms with Gasteiger partial charge in [-0.3, -0.25) is 24.7 Å². The Morgan fingerprint density at radius 1 is 0.672 bits per heavy atom. The standard InChI is InChI=1S/C23H28BN3O3.C10H10N2O2.C10H12N2.C6H6FN/c1-15-8-9-17(13-18(15)24-29-22(4,5)23(6,7)30-24)27-20(28)16-10-11-26-19(12-16)21(2,3)14-25;1-10(2,6-11)8-5-7(9(13)14)3-4-12-8;1-8-4-5-12-9(6-8)10(2,3)7-11;1-5-2-6(7)4-8-3-5/h8-13H,1-7H3,(H,27,28);3-5H,1-2H3,(H,13,14);4-6H,1-3H3;2-4H,1H3. The van der Waals surface area contributed by atoms with Crippen molar-refractivity contribution in [2.45, 2.75) is 117 Å². The number of amides is 1. The summed E-state index contributed by atoms with van der Waals surface area (Å²) in [6, 6.07) is 23.6. The molecule has 4 aromatic heterocycles. The smallest absolute Gasteiger partial charge is 0.478 e. The second-order valence-corrected chi connectivity index (χ2v) is 17.9. The summed E-state index contributed by atoms with van der Waals surface area (Å²) in [5.41, 5.74) is 4.11. The van der Waals surface area contributed by atoms with Gasteiger partial charge in [0.2, 0.25) is 0 Å². The minimum Gasteiger partial charge on any atom is -0.478 e. The van der Waals surface area contributed by atoms with E-state index in [4.69, 9.17) is 24.9 Å². The third-order valence-corrected chi connectivity index (χ3v) is 10.6. The van der Waals surface area contributed by atoms with E-state index in [9.17, 15) is 19.2 Å². The highest BCUT2D eigenvalue weighted by Gasteiger charge is 2.52. The number of nitriles is 3. The van der Waals surface area contributed by atoms with Crippen molar-refractivity contribution >= 4 is 30.1 Å². The number of nitrogens with one attached hydrogen (secondary N) is 1. The second kappa shape index (κ2) is 21.0. The largest absolute Gasteiger partial charge is 0.495 e. The molecule has 0 saturated carbocycles. The molecule has 64 heavy (non-hydrogen) atoms. The zero-order valence-electron chi connectivity index (χ0n) is 38.8. The number of aromatic nitrogens is 4. The zero-order valence-corrected chi connectivity index (χ0v) is 38.8. The van der Waals surface area contributed by atoms with E-state index < -0.39 is 40.5 Å². The Morgan fingerprint density at radius 3 is 1.58 bits per heavy atom. The Morgan fingerprint density at radius 2 is 1.14 bits per heavy atom. The summed E-state index contributed by atoms with van der Waals surface area (Å²) in [7, 11) is -0.504. The van der Waals surface area contributed by atoms with Crippen molar-refractivity contribution in [2.24, 2.45) is 0 Å². The Balaban J connectivity index is 0.000000263. The first-order valence-electron chi connectivity index (χ1n) is 20.4. The molecule has 6 rings (SSSR count). The number of carboxylic acid groups (broad SMARTS) is 1.